The van der Waals surface area contributed by atoms with Gasteiger partial charge in [-0.1, -0.05) is 96.6 Å². The van der Waals surface area contributed by atoms with Crippen LogP contribution < -0.4 is 4.31 Å². The molecule has 0 fully saturated rings. The lowest BCUT2D eigenvalue weighted by Gasteiger charge is -2.29. The van der Waals surface area contributed by atoms with E-state index < -0.39 is 10.0 Å². The maximum absolute atomic E-state index is 14.4. The minimum Gasteiger partial charge on any atom is -0.458 e. The first kappa shape index (κ1) is 24.9. The third-order valence-corrected chi connectivity index (χ3v) is 8.97. The molecule has 1 atom stereocenters. The minimum atomic E-state index is -4.07. The van der Waals surface area contributed by atoms with Gasteiger partial charge in [0.25, 0.3) is 10.0 Å². The molecule has 0 amide bonds. The molecule has 0 bridgehead atoms. The van der Waals surface area contributed by atoms with E-state index in [1.807, 2.05) is 85.8 Å². The molecule has 1 aliphatic heterocycles. The number of benzene rings is 4. The lowest BCUT2D eigenvalue weighted by atomic mass is 9.89. The van der Waals surface area contributed by atoms with E-state index in [9.17, 15) is 13.2 Å². The van der Waals surface area contributed by atoms with E-state index in [1.165, 1.54) is 4.31 Å². The van der Waals surface area contributed by atoms with Crippen LogP contribution in [0, 0.1) is 6.92 Å². The molecule has 5 aromatic rings. The summed E-state index contributed by atoms with van der Waals surface area (Å²) in [5, 5.41) is 0.692. The number of rotatable bonds is 5. The SMILES string of the molecule is Cc1ccc(S(=O)(=O)N2C/C(C(=O)c3ccccc3)=C\C[C@@H](c3ccccc3)c3oc4ccccc4c32)cc1. The lowest BCUT2D eigenvalue weighted by Crippen LogP contribution is -2.36. The number of carbonyl (C=O) groups excluding carboxylic acids is 1. The highest BCUT2D eigenvalue weighted by atomic mass is 32.2. The summed E-state index contributed by atoms with van der Waals surface area (Å²) < 4.78 is 36.5. The Hall–Kier alpha value is -4.42. The Balaban J connectivity index is 1.61. The number of sulfonamides is 1. The highest BCUT2D eigenvalue weighted by Crippen LogP contribution is 2.45. The zero-order chi connectivity index (χ0) is 27.0. The van der Waals surface area contributed by atoms with Crippen molar-refractivity contribution in [2.75, 3.05) is 10.8 Å². The van der Waals surface area contributed by atoms with Crippen LogP contribution in [0.25, 0.3) is 11.0 Å². The second-order valence-electron chi connectivity index (χ2n) is 9.76. The number of para-hydroxylation sites is 1. The first-order valence-electron chi connectivity index (χ1n) is 12.9. The van der Waals surface area contributed by atoms with Crippen molar-refractivity contribution in [2.24, 2.45) is 0 Å². The van der Waals surface area contributed by atoms with Gasteiger partial charge in [-0.25, -0.2) is 8.42 Å². The van der Waals surface area contributed by atoms with Gasteiger partial charge in [-0.05, 0) is 43.2 Å². The predicted octanol–water partition coefficient (Wildman–Crippen LogP) is 7.28. The van der Waals surface area contributed by atoms with Gasteiger partial charge < -0.3 is 4.42 Å². The molecule has 0 saturated carbocycles. The molecule has 39 heavy (non-hydrogen) atoms. The van der Waals surface area contributed by atoms with Crippen molar-refractivity contribution in [3.8, 4) is 0 Å². The number of hydrogen-bond donors (Lipinski definition) is 0. The number of aryl methyl sites for hydroxylation is 1. The highest BCUT2D eigenvalue weighted by Gasteiger charge is 2.36. The van der Waals surface area contributed by atoms with Gasteiger partial charge in [-0.3, -0.25) is 9.10 Å². The molecule has 0 N–H and O–H groups in total. The number of allylic oxidation sites excluding steroid dienone is 1. The maximum Gasteiger partial charge on any atom is 0.264 e. The summed E-state index contributed by atoms with van der Waals surface area (Å²) >= 11 is 0. The zero-order valence-corrected chi connectivity index (χ0v) is 22.3. The van der Waals surface area contributed by atoms with Gasteiger partial charge in [0.15, 0.2) is 5.78 Å². The third kappa shape index (κ3) is 4.57. The van der Waals surface area contributed by atoms with Crippen LogP contribution in [-0.2, 0) is 10.0 Å². The summed E-state index contributed by atoms with van der Waals surface area (Å²) in [4.78, 5) is 13.9. The van der Waals surface area contributed by atoms with Gasteiger partial charge in [0.05, 0.1) is 11.4 Å². The number of carbonyl (C=O) groups is 1. The smallest absolute Gasteiger partial charge is 0.264 e. The highest BCUT2D eigenvalue weighted by molar-refractivity contribution is 7.92. The molecule has 0 saturated heterocycles. The number of ketones is 1. The predicted molar refractivity (Wildman–Crippen MR) is 154 cm³/mol. The van der Waals surface area contributed by atoms with Crippen molar-refractivity contribution in [3.63, 3.8) is 0 Å². The second kappa shape index (κ2) is 10.0. The van der Waals surface area contributed by atoms with Crippen molar-refractivity contribution < 1.29 is 17.6 Å². The van der Waals surface area contributed by atoms with Crippen LogP contribution in [0.3, 0.4) is 0 Å². The molecule has 0 radical (unpaired) electrons. The first-order chi connectivity index (χ1) is 18.9. The summed E-state index contributed by atoms with van der Waals surface area (Å²) in [6.07, 6.45) is 2.37. The van der Waals surface area contributed by atoms with Crippen LogP contribution >= 0.6 is 0 Å². The second-order valence-corrected chi connectivity index (χ2v) is 11.6. The number of hydrogen-bond acceptors (Lipinski definition) is 4. The number of fused-ring (bicyclic) bond motifs is 3. The van der Waals surface area contributed by atoms with E-state index in [2.05, 4.69) is 0 Å². The van der Waals surface area contributed by atoms with Crippen LogP contribution in [0.4, 0.5) is 5.69 Å². The van der Waals surface area contributed by atoms with Crippen molar-refractivity contribution in [2.45, 2.75) is 24.2 Å². The molecule has 1 aliphatic rings. The van der Waals surface area contributed by atoms with E-state index in [0.29, 0.717) is 40.0 Å². The normalized spacial score (nSPS) is 17.1. The summed E-state index contributed by atoms with van der Waals surface area (Å²) in [6, 6.07) is 33.1. The van der Waals surface area contributed by atoms with Crippen LogP contribution in [0.5, 0.6) is 0 Å². The lowest BCUT2D eigenvalue weighted by molar-refractivity contribution is 0.103. The third-order valence-electron chi connectivity index (χ3n) is 7.21. The molecule has 5 nitrogen and oxygen atoms in total. The number of nitrogens with zero attached hydrogens (tertiary/aromatic N) is 1. The molecule has 0 spiro atoms. The van der Waals surface area contributed by atoms with Gasteiger partial charge in [-0.2, -0.15) is 0 Å². The van der Waals surface area contributed by atoms with Crippen molar-refractivity contribution >= 4 is 32.5 Å². The molecule has 0 unspecified atom stereocenters. The average molecular weight is 534 g/mol. The largest absolute Gasteiger partial charge is 0.458 e. The maximum atomic E-state index is 14.4. The molecule has 1 aromatic heterocycles. The Morgan fingerprint density at radius 1 is 0.821 bits per heavy atom. The fourth-order valence-electron chi connectivity index (χ4n) is 5.16. The first-order valence-corrected chi connectivity index (χ1v) is 14.3. The van der Waals surface area contributed by atoms with Gasteiger partial charge in [-0.15, -0.1) is 0 Å². The summed E-state index contributed by atoms with van der Waals surface area (Å²) in [7, 11) is -4.07. The standard InChI is InChI=1S/C33H27NO4S/c1-23-16-19-27(20-17-23)39(36,37)34-22-26(32(35)25-12-6-3-7-13-25)18-21-28(24-10-4-2-5-11-24)33-31(34)29-14-8-9-15-30(29)38-33/h2-20,28H,21-22H2,1H3/b26-18+/t28-/m0/s1. The van der Waals surface area contributed by atoms with E-state index in [1.54, 1.807) is 36.4 Å². The van der Waals surface area contributed by atoms with E-state index in [-0.39, 0.29) is 23.1 Å². The molecule has 6 rings (SSSR count). The van der Waals surface area contributed by atoms with E-state index in [0.717, 1.165) is 11.1 Å². The van der Waals surface area contributed by atoms with Crippen molar-refractivity contribution in [1.82, 2.24) is 0 Å². The van der Waals surface area contributed by atoms with Crippen LogP contribution in [-0.4, -0.2) is 20.7 Å². The van der Waals surface area contributed by atoms with Gasteiger partial charge in [0, 0.05) is 22.4 Å². The van der Waals surface area contributed by atoms with Gasteiger partial charge in [0.2, 0.25) is 0 Å². The van der Waals surface area contributed by atoms with Gasteiger partial charge >= 0.3 is 0 Å². The van der Waals surface area contributed by atoms with Crippen LogP contribution in [0.1, 0.15) is 39.6 Å². The Kier molecular flexibility index (Phi) is 6.41. The Bertz CT molecular complexity index is 1790. The topological polar surface area (TPSA) is 67.6 Å². The minimum absolute atomic E-state index is 0.109. The molecule has 0 aliphatic carbocycles. The van der Waals surface area contributed by atoms with Crippen molar-refractivity contribution in [3.05, 3.63) is 143 Å². The molecule has 6 heteroatoms. The van der Waals surface area contributed by atoms with Crippen molar-refractivity contribution in [1.29, 1.82) is 0 Å². The summed E-state index contributed by atoms with van der Waals surface area (Å²) in [6.45, 7) is 1.81. The van der Waals surface area contributed by atoms with E-state index in [4.69, 9.17) is 4.42 Å². The van der Waals surface area contributed by atoms with Gasteiger partial charge in [0.1, 0.15) is 17.0 Å². The van der Waals surface area contributed by atoms with Crippen LogP contribution in [0.15, 0.2) is 130 Å². The fourth-order valence-corrected chi connectivity index (χ4v) is 6.64. The fraction of sp³-hybridized carbons (Fsp3) is 0.121. The average Bonchev–Trinajstić information content (AvgIpc) is 3.32. The summed E-state index contributed by atoms with van der Waals surface area (Å²) in [5.74, 6) is 0.0894. The number of furan rings is 1. The van der Waals surface area contributed by atoms with E-state index >= 15 is 0 Å². The number of Topliss-reactive ketones (excluding diaryl/α,β-unsaturated/α-hetero) is 1. The molecular weight excluding hydrogens is 506 g/mol. The Morgan fingerprint density at radius 3 is 2.18 bits per heavy atom. The monoisotopic (exact) mass is 533 g/mol. The zero-order valence-electron chi connectivity index (χ0n) is 21.4. The molecular formula is C33H27NO4S. The molecule has 4 aromatic carbocycles. The molecule has 194 valence electrons. The molecule has 2 heterocycles. The summed E-state index contributed by atoms with van der Waals surface area (Å²) in [5.41, 5.74) is 3.96. The Labute approximate surface area is 228 Å². The van der Waals surface area contributed by atoms with Crippen LogP contribution in [0.2, 0.25) is 0 Å². The quantitative estimate of drug-likeness (QED) is 0.223. The Morgan fingerprint density at radius 2 is 1.46 bits per heavy atom. The number of anilines is 1.